The first-order valence-corrected chi connectivity index (χ1v) is 9.69. The molecule has 2 unspecified atom stereocenters. The van der Waals surface area contributed by atoms with E-state index in [4.69, 9.17) is 11.6 Å². The summed E-state index contributed by atoms with van der Waals surface area (Å²) < 4.78 is 0. The Bertz CT molecular complexity index is 748. The lowest BCUT2D eigenvalue weighted by Crippen LogP contribution is -2.45. The number of rotatable bonds is 4. The second kappa shape index (κ2) is 8.02. The van der Waals surface area contributed by atoms with E-state index in [1.54, 1.807) is 4.90 Å². The molecule has 0 saturated carbocycles. The summed E-state index contributed by atoms with van der Waals surface area (Å²) in [6, 6.07) is 11.1. The van der Waals surface area contributed by atoms with Crippen molar-refractivity contribution in [1.82, 2.24) is 10.2 Å². The number of amides is 2. The molecule has 0 aliphatic carbocycles. The molecule has 3 rings (SSSR count). The maximum atomic E-state index is 12.7. The van der Waals surface area contributed by atoms with Gasteiger partial charge in [-0.05, 0) is 42.8 Å². The first-order chi connectivity index (χ1) is 12.1. The number of hydrogen-bond donors (Lipinski definition) is 1. The maximum Gasteiger partial charge on any atom is 0.263 e. The summed E-state index contributed by atoms with van der Waals surface area (Å²) in [4.78, 5) is 27.7. The van der Waals surface area contributed by atoms with Crippen molar-refractivity contribution in [2.45, 2.75) is 25.8 Å². The van der Waals surface area contributed by atoms with E-state index < -0.39 is 0 Å². The molecule has 2 heterocycles. The molecule has 6 heteroatoms. The van der Waals surface area contributed by atoms with Crippen LogP contribution in [0.3, 0.4) is 0 Å². The molecule has 1 aliphatic rings. The topological polar surface area (TPSA) is 49.4 Å². The number of likely N-dealkylation sites (tertiary alicyclic amines) is 1. The van der Waals surface area contributed by atoms with Gasteiger partial charge in [-0.25, -0.2) is 0 Å². The maximum absolute atomic E-state index is 12.7. The smallest absolute Gasteiger partial charge is 0.263 e. The van der Waals surface area contributed by atoms with Crippen molar-refractivity contribution in [3.05, 3.63) is 57.2 Å². The third-order valence-electron chi connectivity index (χ3n) is 4.54. The van der Waals surface area contributed by atoms with Crippen LogP contribution in [0.25, 0.3) is 0 Å². The Balaban J connectivity index is 1.62. The van der Waals surface area contributed by atoms with Gasteiger partial charge in [0.25, 0.3) is 5.91 Å². The van der Waals surface area contributed by atoms with Crippen LogP contribution in [0.1, 0.15) is 41.0 Å². The number of carbonyl (C=O) groups is 2. The average molecular weight is 377 g/mol. The van der Waals surface area contributed by atoms with Crippen LogP contribution in [-0.4, -0.2) is 29.8 Å². The van der Waals surface area contributed by atoms with Crippen molar-refractivity contribution in [3.63, 3.8) is 0 Å². The van der Waals surface area contributed by atoms with Gasteiger partial charge in [0, 0.05) is 18.1 Å². The normalized spacial score (nSPS) is 18.6. The summed E-state index contributed by atoms with van der Waals surface area (Å²) >= 11 is 7.64. The highest BCUT2D eigenvalue weighted by Crippen LogP contribution is 2.24. The standard InChI is InChI=1S/C19H21ClN2O2S/c1-13(15-7-2-3-8-16(15)20)21-18(23)14-6-4-10-22(12-14)19(24)17-9-5-11-25-17/h2-3,5,7-9,11,13-14H,4,6,10,12H2,1H3,(H,21,23). The minimum absolute atomic E-state index is 0.0175. The number of nitrogens with zero attached hydrogens (tertiary/aromatic N) is 1. The van der Waals surface area contributed by atoms with Crippen LogP contribution in [0.5, 0.6) is 0 Å². The van der Waals surface area contributed by atoms with Crippen LogP contribution in [0, 0.1) is 5.92 Å². The average Bonchev–Trinajstić information content (AvgIpc) is 3.16. The third kappa shape index (κ3) is 4.22. The summed E-state index contributed by atoms with van der Waals surface area (Å²) in [5.74, 6) is -0.176. The number of thiophene rings is 1. The molecule has 1 aliphatic heterocycles. The molecule has 0 radical (unpaired) electrons. The molecule has 0 spiro atoms. The van der Waals surface area contributed by atoms with Crippen LogP contribution in [-0.2, 0) is 4.79 Å². The van der Waals surface area contributed by atoms with Crippen LogP contribution >= 0.6 is 22.9 Å². The van der Waals surface area contributed by atoms with Crippen molar-refractivity contribution in [3.8, 4) is 0 Å². The Morgan fingerprint density at radius 2 is 2.08 bits per heavy atom. The zero-order valence-electron chi connectivity index (χ0n) is 14.1. The van der Waals surface area contributed by atoms with Crippen LogP contribution in [0.15, 0.2) is 41.8 Å². The SMILES string of the molecule is CC(NC(=O)C1CCCN(C(=O)c2cccs2)C1)c1ccccc1Cl. The van der Waals surface area contributed by atoms with Gasteiger partial charge >= 0.3 is 0 Å². The lowest BCUT2D eigenvalue weighted by atomic mass is 9.96. The molecule has 132 valence electrons. The van der Waals surface area contributed by atoms with Crippen molar-refractivity contribution >= 4 is 34.8 Å². The number of hydrogen-bond acceptors (Lipinski definition) is 3. The van der Waals surface area contributed by atoms with Gasteiger partial charge < -0.3 is 10.2 Å². The van der Waals surface area contributed by atoms with Crippen LogP contribution in [0.4, 0.5) is 0 Å². The van der Waals surface area contributed by atoms with E-state index in [0.29, 0.717) is 18.1 Å². The largest absolute Gasteiger partial charge is 0.349 e. The van der Waals surface area contributed by atoms with Gasteiger partial charge in [-0.15, -0.1) is 11.3 Å². The molecular formula is C19H21ClN2O2S. The van der Waals surface area contributed by atoms with Gasteiger partial charge in [0.15, 0.2) is 0 Å². The first kappa shape index (κ1) is 18.0. The molecule has 2 amide bonds. The summed E-state index contributed by atoms with van der Waals surface area (Å²) in [5, 5.41) is 5.58. The van der Waals surface area contributed by atoms with Gasteiger partial charge in [-0.2, -0.15) is 0 Å². The molecule has 2 aromatic rings. The lowest BCUT2D eigenvalue weighted by Gasteiger charge is -2.32. The monoisotopic (exact) mass is 376 g/mol. The number of piperidine rings is 1. The Morgan fingerprint density at radius 1 is 1.28 bits per heavy atom. The van der Waals surface area contributed by atoms with Crippen LogP contribution in [0.2, 0.25) is 5.02 Å². The molecule has 1 aromatic heterocycles. The lowest BCUT2D eigenvalue weighted by molar-refractivity contribution is -0.127. The molecule has 1 saturated heterocycles. The Morgan fingerprint density at radius 3 is 2.80 bits per heavy atom. The second-order valence-corrected chi connectivity index (χ2v) is 7.67. The predicted molar refractivity (Wildman–Crippen MR) is 101 cm³/mol. The minimum Gasteiger partial charge on any atom is -0.349 e. The fourth-order valence-electron chi connectivity index (χ4n) is 3.17. The van der Waals surface area contributed by atoms with E-state index >= 15 is 0 Å². The fraction of sp³-hybridized carbons (Fsp3) is 0.368. The summed E-state index contributed by atoms with van der Waals surface area (Å²) in [5.41, 5.74) is 0.903. The molecule has 2 atom stereocenters. The van der Waals surface area contributed by atoms with Crippen LogP contribution < -0.4 is 5.32 Å². The predicted octanol–water partition coefficient (Wildman–Crippen LogP) is 4.13. The highest BCUT2D eigenvalue weighted by atomic mass is 35.5. The highest BCUT2D eigenvalue weighted by molar-refractivity contribution is 7.12. The van der Waals surface area contributed by atoms with Gasteiger partial charge in [0.05, 0.1) is 16.8 Å². The van der Waals surface area contributed by atoms with E-state index in [0.717, 1.165) is 23.3 Å². The van der Waals surface area contributed by atoms with Crippen molar-refractivity contribution < 1.29 is 9.59 Å². The van der Waals surface area contributed by atoms with Gasteiger partial charge in [-0.3, -0.25) is 9.59 Å². The van der Waals surface area contributed by atoms with Crippen molar-refractivity contribution in [2.24, 2.45) is 5.92 Å². The summed E-state index contributed by atoms with van der Waals surface area (Å²) in [6.45, 7) is 3.11. The van der Waals surface area contributed by atoms with Gasteiger partial charge in [-0.1, -0.05) is 35.9 Å². The zero-order chi connectivity index (χ0) is 17.8. The summed E-state index contributed by atoms with van der Waals surface area (Å²) in [7, 11) is 0. The highest BCUT2D eigenvalue weighted by Gasteiger charge is 2.30. The number of nitrogens with one attached hydrogen (secondary N) is 1. The second-order valence-electron chi connectivity index (χ2n) is 6.32. The number of benzene rings is 1. The molecule has 25 heavy (non-hydrogen) atoms. The molecular weight excluding hydrogens is 356 g/mol. The third-order valence-corrected chi connectivity index (χ3v) is 5.74. The van der Waals surface area contributed by atoms with Gasteiger partial charge in [0.1, 0.15) is 0 Å². The Kier molecular flexibility index (Phi) is 5.76. The first-order valence-electron chi connectivity index (χ1n) is 8.44. The van der Waals surface area contributed by atoms with Gasteiger partial charge in [0.2, 0.25) is 5.91 Å². The van der Waals surface area contributed by atoms with E-state index in [9.17, 15) is 9.59 Å². The Hall–Kier alpha value is -1.85. The van der Waals surface area contributed by atoms with E-state index in [1.165, 1.54) is 11.3 Å². The van der Waals surface area contributed by atoms with Crippen molar-refractivity contribution in [2.75, 3.05) is 13.1 Å². The molecule has 4 nitrogen and oxygen atoms in total. The number of carbonyl (C=O) groups excluding carboxylic acids is 2. The quantitative estimate of drug-likeness (QED) is 0.872. The summed E-state index contributed by atoms with van der Waals surface area (Å²) in [6.07, 6.45) is 1.64. The molecule has 1 fully saturated rings. The minimum atomic E-state index is -0.178. The molecule has 1 aromatic carbocycles. The zero-order valence-corrected chi connectivity index (χ0v) is 15.6. The Labute approximate surface area is 156 Å². The fourth-order valence-corrected chi connectivity index (χ4v) is 4.16. The van der Waals surface area contributed by atoms with E-state index in [2.05, 4.69) is 5.32 Å². The van der Waals surface area contributed by atoms with E-state index in [1.807, 2.05) is 48.7 Å². The van der Waals surface area contributed by atoms with Crippen molar-refractivity contribution in [1.29, 1.82) is 0 Å². The molecule has 1 N–H and O–H groups in total. The molecule has 0 bridgehead atoms. The number of halogens is 1. The van der Waals surface area contributed by atoms with E-state index in [-0.39, 0.29) is 23.8 Å².